The fourth-order valence-corrected chi connectivity index (χ4v) is 8.57. The van der Waals surface area contributed by atoms with Crippen LogP contribution in [0.5, 0.6) is 0 Å². The van der Waals surface area contributed by atoms with Crippen molar-refractivity contribution >= 4 is 80.8 Å². The zero-order valence-electron chi connectivity index (χ0n) is 32.1. The summed E-state index contributed by atoms with van der Waals surface area (Å²) in [5.74, 6) is -5.75. The van der Waals surface area contributed by atoms with E-state index in [1.807, 2.05) is 31.2 Å². The van der Waals surface area contributed by atoms with Crippen molar-refractivity contribution in [2.75, 3.05) is 70.1 Å². The molecular formula is C38H51N5O12S3. The first-order valence-corrected chi connectivity index (χ1v) is 20.7. The summed E-state index contributed by atoms with van der Waals surface area (Å²) in [5, 5.41) is 54.9. The topological polar surface area (TPSA) is 247 Å². The highest BCUT2D eigenvalue weighted by atomic mass is 32.2. The summed E-state index contributed by atoms with van der Waals surface area (Å²) in [6.07, 6.45) is 2.28. The summed E-state index contributed by atoms with van der Waals surface area (Å²) in [7, 11) is 0. The van der Waals surface area contributed by atoms with Crippen molar-refractivity contribution in [1.82, 2.24) is 20.0 Å². The standard InChI is InChI=1S/C38H51N5O12S3/c1-25-6-12-29(13-7-25)58-38(54)57-17-16-55-15-14-39-37(56)40-27-10-8-26(9-11-27)18-28(41(20-32(44)45)21-33(46)47)19-42(22-34(48)49)30-4-2-3-5-31(30)43(23-35(50)51)24-36(52)53/h6-13,28,30-31H,2-5,14-24H2,1H3,(H,44,45)(H,46,47)(H,48,49)(H,50,51)(H,52,53)(H2,39,40,56)/t28-,30+,31+/m0/s1. The van der Waals surface area contributed by atoms with Gasteiger partial charge in [0.25, 0.3) is 4.45 Å². The molecule has 0 heterocycles. The molecule has 1 saturated carbocycles. The molecule has 0 saturated heterocycles. The summed E-state index contributed by atoms with van der Waals surface area (Å²) >= 11 is 7.78. The highest BCUT2D eigenvalue weighted by Crippen LogP contribution is 2.29. The average molecular weight is 866 g/mol. The summed E-state index contributed by atoms with van der Waals surface area (Å²) in [6.45, 7) is 0.0530. The number of carboxylic acid groups (broad SMARTS) is 5. The Kier molecular flexibility index (Phi) is 20.9. The van der Waals surface area contributed by atoms with Crippen LogP contribution >= 0.6 is 35.7 Å². The van der Waals surface area contributed by atoms with Gasteiger partial charge < -0.3 is 40.9 Å². The van der Waals surface area contributed by atoms with Crippen molar-refractivity contribution in [3.63, 3.8) is 0 Å². The Labute approximate surface area is 350 Å². The van der Waals surface area contributed by atoms with Crippen LogP contribution in [0.3, 0.4) is 0 Å². The van der Waals surface area contributed by atoms with Crippen LogP contribution in [0.2, 0.25) is 0 Å². The number of rotatable bonds is 25. The van der Waals surface area contributed by atoms with Crippen LogP contribution in [0.15, 0.2) is 53.4 Å². The zero-order chi connectivity index (χ0) is 42.6. The molecule has 20 heteroatoms. The predicted molar refractivity (Wildman–Crippen MR) is 223 cm³/mol. The van der Waals surface area contributed by atoms with E-state index in [9.17, 15) is 54.3 Å². The molecule has 0 radical (unpaired) electrons. The lowest BCUT2D eigenvalue weighted by molar-refractivity contribution is -0.146. The Bertz CT molecular complexity index is 1670. The number of benzene rings is 2. The van der Waals surface area contributed by atoms with Crippen molar-refractivity contribution < 1.29 is 59.0 Å². The lowest BCUT2D eigenvalue weighted by Crippen LogP contribution is -2.59. The molecule has 3 rings (SSSR count). The quantitative estimate of drug-likeness (QED) is 0.0429. The SMILES string of the molecule is Cc1ccc(SC(=O)SCCOCCNC(=S)Nc2ccc(C[C@@H](CN(CC(=O)O)[C@@H]3CCCC[C@H]3N(CC(=O)O)CC(=O)O)N(CC(=O)O)CC(=O)O)cc2)cc1. The third-order valence-corrected chi connectivity index (χ3v) is 11.3. The van der Waals surface area contributed by atoms with Crippen LogP contribution in [-0.2, 0) is 35.1 Å². The van der Waals surface area contributed by atoms with E-state index < -0.39 is 80.7 Å². The normalized spacial score (nSPS) is 15.9. The Balaban J connectivity index is 1.64. The van der Waals surface area contributed by atoms with Gasteiger partial charge in [-0.25, -0.2) is 0 Å². The van der Waals surface area contributed by atoms with Gasteiger partial charge in [0.1, 0.15) is 0 Å². The van der Waals surface area contributed by atoms with Crippen LogP contribution in [0, 0.1) is 6.92 Å². The van der Waals surface area contributed by atoms with E-state index in [1.165, 1.54) is 33.3 Å². The minimum absolute atomic E-state index is 0.0101. The molecule has 0 aromatic heterocycles. The van der Waals surface area contributed by atoms with Gasteiger partial charge in [0.15, 0.2) is 5.11 Å². The number of aliphatic carboxylic acids is 5. The highest BCUT2D eigenvalue weighted by Gasteiger charge is 2.38. The number of aryl methyl sites for hydroxylation is 1. The average Bonchev–Trinajstić information content (AvgIpc) is 3.14. The van der Waals surface area contributed by atoms with Gasteiger partial charge in [0, 0.05) is 47.6 Å². The van der Waals surface area contributed by atoms with Gasteiger partial charge in [0.05, 0.1) is 45.9 Å². The molecule has 318 valence electrons. The van der Waals surface area contributed by atoms with Crippen LogP contribution in [0.25, 0.3) is 0 Å². The van der Waals surface area contributed by atoms with E-state index in [0.717, 1.165) is 10.5 Å². The van der Waals surface area contributed by atoms with E-state index in [0.29, 0.717) is 67.6 Å². The largest absolute Gasteiger partial charge is 0.480 e. The third-order valence-electron chi connectivity index (χ3n) is 9.17. The number of hydrogen-bond donors (Lipinski definition) is 7. The van der Waals surface area contributed by atoms with Crippen molar-refractivity contribution in [1.29, 1.82) is 0 Å². The van der Waals surface area contributed by atoms with Gasteiger partial charge >= 0.3 is 29.8 Å². The molecule has 7 N–H and O–H groups in total. The molecule has 0 spiro atoms. The van der Waals surface area contributed by atoms with E-state index in [-0.39, 0.29) is 17.4 Å². The number of thiocarbonyl (C=S) groups is 1. The van der Waals surface area contributed by atoms with Gasteiger partial charge in [-0.15, -0.1) is 0 Å². The molecule has 1 fully saturated rings. The summed E-state index contributed by atoms with van der Waals surface area (Å²) in [6, 6.07) is 12.6. The number of carbonyl (C=O) groups is 6. The number of nitrogens with zero attached hydrogens (tertiary/aromatic N) is 3. The zero-order valence-corrected chi connectivity index (χ0v) is 34.6. The lowest BCUT2D eigenvalue weighted by atomic mass is 9.87. The highest BCUT2D eigenvalue weighted by molar-refractivity contribution is 8.38. The minimum atomic E-state index is -1.28. The van der Waals surface area contributed by atoms with Crippen molar-refractivity contribution in [2.45, 2.75) is 62.0 Å². The molecule has 0 amide bonds. The van der Waals surface area contributed by atoms with Crippen LogP contribution in [-0.4, -0.2) is 163 Å². The fraction of sp³-hybridized carbons (Fsp3) is 0.500. The third kappa shape index (κ3) is 18.5. The number of thioether (sulfide) groups is 2. The molecule has 0 bridgehead atoms. The first kappa shape index (κ1) is 48.1. The van der Waals surface area contributed by atoms with Gasteiger partial charge in [-0.2, -0.15) is 0 Å². The number of ether oxygens (including phenoxy) is 1. The van der Waals surface area contributed by atoms with E-state index in [2.05, 4.69) is 10.6 Å². The van der Waals surface area contributed by atoms with Gasteiger partial charge in [-0.3, -0.25) is 43.5 Å². The Morgan fingerprint density at radius 1 is 0.759 bits per heavy atom. The molecule has 0 unspecified atom stereocenters. The second kappa shape index (κ2) is 25.2. The molecule has 0 aliphatic heterocycles. The molecule has 2 aromatic carbocycles. The maximum Gasteiger partial charge on any atom is 0.317 e. The summed E-state index contributed by atoms with van der Waals surface area (Å²) in [4.78, 5) is 76.7. The second-order valence-corrected chi connectivity index (χ2v) is 16.5. The van der Waals surface area contributed by atoms with E-state index >= 15 is 0 Å². The number of anilines is 1. The van der Waals surface area contributed by atoms with E-state index in [1.54, 1.807) is 29.2 Å². The minimum Gasteiger partial charge on any atom is -0.480 e. The molecule has 2 aromatic rings. The molecule has 58 heavy (non-hydrogen) atoms. The number of carbonyl (C=O) groups excluding carboxylic acids is 1. The van der Waals surface area contributed by atoms with Gasteiger partial charge in [0.2, 0.25) is 0 Å². The molecule has 1 aliphatic carbocycles. The van der Waals surface area contributed by atoms with Crippen molar-refractivity contribution in [3.8, 4) is 0 Å². The first-order chi connectivity index (χ1) is 27.6. The van der Waals surface area contributed by atoms with E-state index in [4.69, 9.17) is 17.0 Å². The molecular weight excluding hydrogens is 815 g/mol. The summed E-state index contributed by atoms with van der Waals surface area (Å²) in [5.41, 5.74) is 2.44. The maximum atomic E-state index is 12.2. The predicted octanol–water partition coefficient (Wildman–Crippen LogP) is 3.49. The Hall–Kier alpha value is -4.31. The summed E-state index contributed by atoms with van der Waals surface area (Å²) < 4.78 is 5.60. The molecule has 17 nitrogen and oxygen atoms in total. The van der Waals surface area contributed by atoms with Crippen LogP contribution in [0.4, 0.5) is 10.5 Å². The lowest BCUT2D eigenvalue weighted by Gasteiger charge is -2.45. The fourth-order valence-electron chi connectivity index (χ4n) is 6.74. The molecule has 3 atom stereocenters. The number of nitrogens with one attached hydrogen (secondary N) is 2. The van der Waals surface area contributed by atoms with Gasteiger partial charge in [-0.05, 0) is 80.0 Å². The number of hydrogen-bond acceptors (Lipinski definition) is 13. The smallest absolute Gasteiger partial charge is 0.317 e. The van der Waals surface area contributed by atoms with Crippen molar-refractivity contribution in [2.24, 2.45) is 0 Å². The second-order valence-electron chi connectivity index (χ2n) is 13.7. The number of carboxylic acids is 5. The van der Waals surface area contributed by atoms with Crippen molar-refractivity contribution in [3.05, 3.63) is 59.7 Å². The molecule has 1 aliphatic rings. The van der Waals surface area contributed by atoms with Crippen LogP contribution < -0.4 is 10.6 Å². The Morgan fingerprint density at radius 2 is 1.29 bits per heavy atom. The first-order valence-electron chi connectivity index (χ1n) is 18.5. The van der Waals surface area contributed by atoms with Gasteiger partial charge in [-0.1, -0.05) is 54.4 Å². The Morgan fingerprint density at radius 3 is 1.84 bits per heavy atom. The maximum absolute atomic E-state index is 12.2. The monoisotopic (exact) mass is 865 g/mol. The van der Waals surface area contributed by atoms with Crippen LogP contribution in [0.1, 0.15) is 36.8 Å².